The molecule has 0 radical (unpaired) electrons. The Kier molecular flexibility index (Phi) is 16.2. The molecular weight excluding hydrogens is 1300 g/mol. The van der Waals surface area contributed by atoms with Crippen LogP contribution < -0.4 is 0 Å². The summed E-state index contributed by atoms with van der Waals surface area (Å²) in [5, 5.41) is 4.21. The fourth-order valence-electron chi connectivity index (χ4n) is 11.3. The van der Waals surface area contributed by atoms with Crippen molar-refractivity contribution in [2.24, 2.45) is 0 Å². The summed E-state index contributed by atoms with van der Waals surface area (Å²) in [5.41, 5.74) is 16.9. The molecule has 3 aromatic heterocycles. The first-order valence-electron chi connectivity index (χ1n) is 24.7. The molecule has 12 rings (SSSR count). The lowest BCUT2D eigenvalue weighted by molar-refractivity contribution is 0.892. The number of rotatable bonds is 9. The topological polar surface area (TPSA) is 38.7 Å². The van der Waals surface area contributed by atoms with Gasteiger partial charge >= 0.3 is 0 Å². The van der Waals surface area contributed by atoms with Gasteiger partial charge in [0.2, 0.25) is 0 Å². The van der Waals surface area contributed by atoms with E-state index in [0.29, 0.717) is 105 Å². The van der Waals surface area contributed by atoms with Crippen LogP contribution in [0.25, 0.3) is 56.2 Å². The first-order valence-corrected chi connectivity index (χ1v) is 30.0. The van der Waals surface area contributed by atoms with Gasteiger partial charge in [-0.25, -0.2) is 15.0 Å². The van der Waals surface area contributed by atoms with Gasteiger partial charge in [-0.3, -0.25) is 0 Å². The van der Waals surface area contributed by atoms with E-state index in [2.05, 4.69) is 60.7 Å². The van der Waals surface area contributed by atoms with Gasteiger partial charge in [0, 0.05) is 128 Å². The van der Waals surface area contributed by atoms with Gasteiger partial charge in [0.1, 0.15) is 10.3 Å². The third-order valence-corrected chi connectivity index (χ3v) is 18.8. The molecule has 17 heteroatoms. The predicted molar refractivity (Wildman–Crippen MR) is 340 cm³/mol. The number of aryl methyl sites for hydroxylation is 2. The third kappa shape index (κ3) is 10.5. The highest BCUT2D eigenvalue weighted by Gasteiger charge is 2.34. The summed E-state index contributed by atoms with van der Waals surface area (Å²) in [6.45, 7) is 0. The van der Waals surface area contributed by atoms with Crippen LogP contribution in [0.15, 0.2) is 140 Å². The molecule has 3 heterocycles. The fourth-order valence-corrected chi connectivity index (χ4v) is 16.0. The van der Waals surface area contributed by atoms with Crippen molar-refractivity contribution in [2.45, 2.75) is 37.5 Å². The van der Waals surface area contributed by atoms with Gasteiger partial charge in [0.05, 0.1) is 22.8 Å². The van der Waals surface area contributed by atoms with E-state index in [1.165, 1.54) is 27.8 Å². The zero-order valence-electron chi connectivity index (χ0n) is 40.9. The van der Waals surface area contributed by atoms with Crippen molar-refractivity contribution >= 4 is 162 Å². The molecule has 2 aliphatic rings. The fraction of sp³-hybridized carbons (Fsp3) is 0.0952. The zero-order valence-corrected chi connectivity index (χ0v) is 51.5. The molecule has 0 unspecified atom stereocenters. The molecule has 3 nitrogen and oxygen atoms in total. The molecule has 10 aromatic rings. The van der Waals surface area contributed by atoms with Crippen molar-refractivity contribution in [3.8, 4) is 56.2 Å². The Bertz CT molecular complexity index is 3770. The molecule has 0 spiro atoms. The molecule has 7 aromatic carbocycles. The molecule has 2 aliphatic carbocycles. The van der Waals surface area contributed by atoms with Crippen molar-refractivity contribution in [1.29, 1.82) is 0 Å². The molecule has 0 fully saturated rings. The maximum Gasteiger partial charge on any atom is 0.133 e. The van der Waals surface area contributed by atoms with Crippen molar-refractivity contribution in [3.05, 3.63) is 266 Å². The molecule has 0 saturated heterocycles. The largest absolute Gasteiger partial charge is 0.247 e. The number of aromatic nitrogens is 3. The highest BCUT2D eigenvalue weighted by atomic mass is 35.5. The van der Waals surface area contributed by atoms with Crippen LogP contribution in [0.5, 0.6) is 0 Å². The van der Waals surface area contributed by atoms with E-state index in [0.717, 1.165) is 64.9 Å². The van der Waals surface area contributed by atoms with Crippen LogP contribution in [-0.4, -0.2) is 15.0 Å². The van der Waals surface area contributed by atoms with Crippen LogP contribution in [0.4, 0.5) is 0 Å². The first-order chi connectivity index (χ1) is 38.4. The second-order valence-electron chi connectivity index (χ2n) is 19.4. The molecule has 0 bridgehead atoms. The minimum Gasteiger partial charge on any atom is -0.247 e. The smallest absolute Gasteiger partial charge is 0.133 e. The molecule has 398 valence electrons. The van der Waals surface area contributed by atoms with E-state index < -0.39 is 11.8 Å². The number of hydrogen-bond donors (Lipinski definition) is 0. The van der Waals surface area contributed by atoms with Crippen LogP contribution in [0, 0.1) is 0 Å². The van der Waals surface area contributed by atoms with Gasteiger partial charge in [-0.05, 0) is 132 Å². The van der Waals surface area contributed by atoms with E-state index >= 15 is 0 Å². The normalized spacial score (nSPS) is 12.7. The lowest BCUT2D eigenvalue weighted by atomic mass is 9.77. The van der Waals surface area contributed by atoms with Gasteiger partial charge in [0.25, 0.3) is 0 Å². The average Bonchev–Trinajstić information content (AvgIpc) is 3.54. The van der Waals surface area contributed by atoms with Gasteiger partial charge in [-0.15, -0.1) is 0 Å². The van der Waals surface area contributed by atoms with Crippen LogP contribution in [0.2, 0.25) is 70.6 Å². The number of fused-ring (bicyclic) bond motifs is 6. The number of halogens is 14. The van der Waals surface area contributed by atoms with E-state index in [9.17, 15) is 0 Å². The van der Waals surface area contributed by atoms with Crippen molar-refractivity contribution in [2.75, 3.05) is 0 Å². The van der Waals surface area contributed by atoms with Crippen LogP contribution in [-0.2, 0) is 25.7 Å². The summed E-state index contributed by atoms with van der Waals surface area (Å²) >= 11 is 95.4. The lowest BCUT2D eigenvalue weighted by Crippen LogP contribution is -2.15. The Labute approximate surface area is 531 Å². The van der Waals surface area contributed by atoms with Gasteiger partial charge in [-0.1, -0.05) is 229 Å². The monoisotopic (exact) mass is 1320 g/mol. The number of pyridine rings is 3. The lowest BCUT2D eigenvalue weighted by Gasteiger charge is -2.29. The SMILES string of the molecule is Clc1cc(Cl)c(C(c2ccc(-c3ccc4c(c3)-c3nc5c(c(-c6ccccc6)c3CC4)CCc3ccc(-c4ccc(C(c6c(Cl)cc(Cl)cc6Cl)c6c(Cl)cc(Cl)cc6Cl)c(Cl)n4)cc3-5)nc2Cl)c2c(Cl)cc(Cl)cc2Cl)c(Cl)c1. The van der Waals surface area contributed by atoms with Gasteiger partial charge < -0.3 is 0 Å². The Balaban J connectivity index is 0.967. The summed E-state index contributed by atoms with van der Waals surface area (Å²) in [4.78, 5) is 15.7. The third-order valence-electron chi connectivity index (χ3n) is 14.8. The van der Waals surface area contributed by atoms with Gasteiger partial charge in [0.15, 0.2) is 0 Å². The first kappa shape index (κ1) is 56.5. The maximum atomic E-state index is 7.27. The maximum absolute atomic E-state index is 7.27. The Morgan fingerprint density at radius 2 is 0.650 bits per heavy atom. The quantitative estimate of drug-likeness (QED) is 0.135. The number of hydrogen-bond acceptors (Lipinski definition) is 3. The van der Waals surface area contributed by atoms with E-state index in [1.54, 1.807) is 48.5 Å². The Morgan fingerprint density at radius 3 is 0.975 bits per heavy atom. The summed E-state index contributed by atoms with van der Waals surface area (Å²) < 4.78 is 0. The van der Waals surface area contributed by atoms with E-state index in [-0.39, 0.29) is 10.3 Å². The summed E-state index contributed by atoms with van der Waals surface area (Å²) in [7, 11) is 0. The zero-order chi connectivity index (χ0) is 56.0. The number of nitrogens with zero attached hydrogens (tertiary/aromatic N) is 3. The molecule has 80 heavy (non-hydrogen) atoms. The molecule has 0 aliphatic heterocycles. The van der Waals surface area contributed by atoms with Crippen molar-refractivity contribution < 1.29 is 0 Å². The van der Waals surface area contributed by atoms with Crippen LogP contribution in [0.1, 0.15) is 67.5 Å². The van der Waals surface area contributed by atoms with Crippen LogP contribution in [0.3, 0.4) is 0 Å². The summed E-state index contributed by atoms with van der Waals surface area (Å²) in [5.74, 6) is -1.50. The van der Waals surface area contributed by atoms with E-state index in [1.807, 2.05) is 30.3 Å². The average molecular weight is 1330 g/mol. The standard InChI is InChI=1S/C63H33Cl14N3/c64-33-20-43(68)56(44(69)21-33)54(57-45(70)22-34(65)23-46(57)71)39-14-16-51(78-62(39)76)31-8-6-28-10-12-37-53(30-4-2-1-3-5-30)38-13-11-29-7-9-32(19-42(29)61(38)80-60(37)41(28)18-31)52-17-15-40(63(77)79-52)55(58-47(72)24-35(66)25-48(58)73)59-49(74)26-36(67)27-50(59)75/h1-9,14-27,54-55H,10-13H2. The highest BCUT2D eigenvalue weighted by molar-refractivity contribution is 6.43. The Hall–Kier alpha value is -3.95. The summed E-state index contributed by atoms with van der Waals surface area (Å²) in [6.07, 6.45) is 3.25. The van der Waals surface area contributed by atoms with Crippen LogP contribution >= 0.6 is 162 Å². The van der Waals surface area contributed by atoms with Crippen molar-refractivity contribution in [1.82, 2.24) is 15.0 Å². The second-order valence-corrected chi connectivity index (χ2v) is 25.1. The molecule has 0 amide bonds. The minimum absolute atomic E-state index is 0.191. The Morgan fingerprint density at radius 1 is 0.312 bits per heavy atom. The highest BCUT2D eigenvalue weighted by Crippen LogP contribution is 2.52. The minimum atomic E-state index is -0.748. The second kappa shape index (κ2) is 22.9. The predicted octanol–water partition coefficient (Wildman–Crippen LogP) is 23.9. The number of benzene rings is 7. The van der Waals surface area contributed by atoms with Crippen molar-refractivity contribution in [3.63, 3.8) is 0 Å². The van der Waals surface area contributed by atoms with Gasteiger partial charge in [-0.2, -0.15) is 0 Å². The van der Waals surface area contributed by atoms with E-state index in [4.69, 9.17) is 177 Å². The molecule has 0 saturated carbocycles. The summed E-state index contributed by atoms with van der Waals surface area (Å²) in [6, 6.07) is 43.8. The molecule has 0 N–H and O–H groups in total. The molecular formula is C63H33Cl14N3. The molecule has 0 atom stereocenters.